The molecule has 6 nitrogen and oxygen atoms in total. The molecule has 4 rings (SSSR count). The van der Waals surface area contributed by atoms with Crippen LogP contribution in [-0.2, 0) is 17.8 Å². The van der Waals surface area contributed by atoms with E-state index in [-0.39, 0.29) is 23.8 Å². The fourth-order valence-corrected chi connectivity index (χ4v) is 5.04. The molecule has 38 heavy (non-hydrogen) atoms. The van der Waals surface area contributed by atoms with Gasteiger partial charge in [0.25, 0.3) is 0 Å². The van der Waals surface area contributed by atoms with Crippen molar-refractivity contribution < 1.29 is 23.8 Å². The van der Waals surface area contributed by atoms with Gasteiger partial charge in [-0.15, -0.1) is 0 Å². The van der Waals surface area contributed by atoms with E-state index in [1.165, 1.54) is 6.07 Å². The van der Waals surface area contributed by atoms with Gasteiger partial charge in [-0.2, -0.15) is 0 Å². The Labute approximate surface area is 224 Å². The van der Waals surface area contributed by atoms with Crippen LogP contribution in [0.2, 0.25) is 0 Å². The maximum Gasteiger partial charge on any atom is 0.307 e. The first-order chi connectivity index (χ1) is 18.1. The summed E-state index contributed by atoms with van der Waals surface area (Å²) in [5.41, 5.74) is 3.09. The van der Waals surface area contributed by atoms with Crippen molar-refractivity contribution in [2.75, 3.05) is 7.11 Å². The Morgan fingerprint density at radius 2 is 1.92 bits per heavy atom. The average Bonchev–Trinajstić information content (AvgIpc) is 3.71. The summed E-state index contributed by atoms with van der Waals surface area (Å²) in [6, 6.07) is 12.4. The SMILES string of the molecule is CCC(C(=O)O)[C@@H](c1cccc(OCc2cnc(-c3cc(OC)ccc3F)c(CC(C)(C)C)n2)c1)C1CC1. The first kappa shape index (κ1) is 27.6. The molecule has 1 saturated carbocycles. The molecule has 0 aliphatic heterocycles. The third kappa shape index (κ3) is 6.69. The van der Waals surface area contributed by atoms with Crippen LogP contribution in [0, 0.1) is 23.1 Å². The highest BCUT2D eigenvalue weighted by molar-refractivity contribution is 5.71. The van der Waals surface area contributed by atoms with Crippen molar-refractivity contribution in [2.24, 2.45) is 17.3 Å². The van der Waals surface area contributed by atoms with E-state index in [0.29, 0.717) is 52.9 Å². The molecule has 0 saturated heterocycles. The second kappa shape index (κ2) is 11.5. The number of hydrogen-bond donors (Lipinski definition) is 1. The van der Waals surface area contributed by atoms with Crippen molar-refractivity contribution in [1.82, 2.24) is 9.97 Å². The highest BCUT2D eigenvalue weighted by Gasteiger charge is 2.40. The molecule has 0 radical (unpaired) electrons. The number of aromatic nitrogens is 2. The number of halogens is 1. The minimum atomic E-state index is -0.745. The van der Waals surface area contributed by atoms with E-state index in [2.05, 4.69) is 25.8 Å². The Hall–Kier alpha value is -3.48. The van der Waals surface area contributed by atoms with E-state index in [4.69, 9.17) is 14.5 Å². The third-order valence-electron chi connectivity index (χ3n) is 6.97. The fourth-order valence-electron chi connectivity index (χ4n) is 5.04. The third-order valence-corrected chi connectivity index (χ3v) is 6.97. The molecular weight excluding hydrogens is 483 g/mol. The number of carbonyl (C=O) groups is 1. The molecule has 1 aliphatic carbocycles. The van der Waals surface area contributed by atoms with Gasteiger partial charge in [0.2, 0.25) is 0 Å². The minimum Gasteiger partial charge on any atom is -0.497 e. The quantitative estimate of drug-likeness (QED) is 0.291. The topological polar surface area (TPSA) is 81.5 Å². The number of methoxy groups -OCH3 is 1. The molecule has 0 spiro atoms. The second-order valence-corrected chi connectivity index (χ2v) is 11.3. The molecule has 1 aromatic heterocycles. The Bertz CT molecular complexity index is 1280. The van der Waals surface area contributed by atoms with Crippen LogP contribution in [-0.4, -0.2) is 28.2 Å². The van der Waals surface area contributed by atoms with Crippen LogP contribution in [0.4, 0.5) is 4.39 Å². The normalized spacial score (nSPS) is 15.1. The van der Waals surface area contributed by atoms with E-state index < -0.39 is 11.9 Å². The largest absolute Gasteiger partial charge is 0.497 e. The van der Waals surface area contributed by atoms with E-state index in [0.717, 1.165) is 18.4 Å². The first-order valence-electron chi connectivity index (χ1n) is 13.2. The van der Waals surface area contributed by atoms with E-state index in [1.54, 1.807) is 25.4 Å². The van der Waals surface area contributed by atoms with Crippen molar-refractivity contribution in [3.8, 4) is 22.8 Å². The fraction of sp³-hybridized carbons (Fsp3) is 0.452. The lowest BCUT2D eigenvalue weighted by Crippen LogP contribution is -2.23. The summed E-state index contributed by atoms with van der Waals surface area (Å²) >= 11 is 0. The molecule has 2 aromatic carbocycles. The summed E-state index contributed by atoms with van der Waals surface area (Å²) in [5, 5.41) is 9.78. The Balaban J connectivity index is 1.59. The number of ether oxygens (including phenoxy) is 2. The molecule has 1 heterocycles. The van der Waals surface area contributed by atoms with Crippen LogP contribution in [0.5, 0.6) is 11.5 Å². The number of rotatable bonds is 11. The molecule has 202 valence electrons. The summed E-state index contributed by atoms with van der Waals surface area (Å²) in [7, 11) is 1.55. The number of carboxylic acid groups (broad SMARTS) is 1. The van der Waals surface area contributed by atoms with Gasteiger partial charge in [0.05, 0.1) is 36.3 Å². The average molecular weight is 521 g/mol. The van der Waals surface area contributed by atoms with Gasteiger partial charge in [-0.05, 0) is 72.9 Å². The van der Waals surface area contributed by atoms with Crippen LogP contribution in [0.25, 0.3) is 11.3 Å². The number of hydrogen-bond acceptors (Lipinski definition) is 5. The van der Waals surface area contributed by atoms with Crippen LogP contribution in [0.15, 0.2) is 48.7 Å². The summed E-state index contributed by atoms with van der Waals surface area (Å²) < 4.78 is 26.2. The van der Waals surface area contributed by atoms with Crippen LogP contribution >= 0.6 is 0 Å². The van der Waals surface area contributed by atoms with Crippen molar-refractivity contribution in [3.05, 3.63) is 71.4 Å². The van der Waals surface area contributed by atoms with E-state index >= 15 is 0 Å². The highest BCUT2D eigenvalue weighted by atomic mass is 19.1. The maximum atomic E-state index is 14.8. The molecule has 0 bridgehead atoms. The van der Waals surface area contributed by atoms with Crippen molar-refractivity contribution in [2.45, 2.75) is 65.9 Å². The zero-order chi connectivity index (χ0) is 27.4. The lowest BCUT2D eigenvalue weighted by atomic mass is 9.81. The van der Waals surface area contributed by atoms with Gasteiger partial charge < -0.3 is 14.6 Å². The molecule has 0 amide bonds. The van der Waals surface area contributed by atoms with Crippen LogP contribution in [0.3, 0.4) is 0 Å². The molecule has 1 N–H and O–H groups in total. The summed E-state index contributed by atoms with van der Waals surface area (Å²) in [6.45, 7) is 8.44. The standard InChI is InChI=1S/C31H37FN2O4/c1-6-24(30(35)36)28(19-10-11-19)20-8-7-9-23(14-20)38-18-21-17-33-29(27(34-21)16-31(2,3)4)25-15-22(37-5)12-13-26(25)32/h7-9,12-15,17,19,24,28H,6,10-11,16,18H2,1-5H3,(H,35,36)/t24?,28-/m1/s1. The Morgan fingerprint density at radius 3 is 2.55 bits per heavy atom. The van der Waals surface area contributed by atoms with Gasteiger partial charge in [0, 0.05) is 11.5 Å². The lowest BCUT2D eigenvalue weighted by Gasteiger charge is -2.24. The Kier molecular flexibility index (Phi) is 8.34. The monoisotopic (exact) mass is 520 g/mol. The van der Waals surface area contributed by atoms with E-state index in [9.17, 15) is 14.3 Å². The van der Waals surface area contributed by atoms with Gasteiger partial charge in [-0.3, -0.25) is 14.8 Å². The molecular formula is C31H37FN2O4. The number of benzene rings is 2. The zero-order valence-electron chi connectivity index (χ0n) is 22.8. The van der Waals surface area contributed by atoms with Crippen LogP contribution in [0.1, 0.15) is 69.8 Å². The van der Waals surface area contributed by atoms with Gasteiger partial charge in [-0.1, -0.05) is 39.8 Å². The number of carboxylic acids is 1. The predicted octanol–water partition coefficient (Wildman–Crippen LogP) is 7.06. The summed E-state index contributed by atoms with van der Waals surface area (Å²) in [6.07, 6.45) is 4.94. The highest BCUT2D eigenvalue weighted by Crippen LogP contribution is 2.48. The predicted molar refractivity (Wildman–Crippen MR) is 145 cm³/mol. The maximum absolute atomic E-state index is 14.8. The second-order valence-electron chi connectivity index (χ2n) is 11.3. The van der Waals surface area contributed by atoms with Gasteiger partial charge in [-0.25, -0.2) is 4.39 Å². The first-order valence-corrected chi connectivity index (χ1v) is 13.2. The Morgan fingerprint density at radius 1 is 1.16 bits per heavy atom. The van der Waals surface area contributed by atoms with E-state index in [1.807, 2.05) is 31.2 Å². The molecule has 1 fully saturated rings. The number of nitrogens with zero attached hydrogens (tertiary/aromatic N) is 2. The van der Waals surface area contributed by atoms with Gasteiger partial charge in [0.1, 0.15) is 23.9 Å². The zero-order valence-corrected chi connectivity index (χ0v) is 22.8. The molecule has 2 atom stereocenters. The van der Waals surface area contributed by atoms with Gasteiger partial charge >= 0.3 is 5.97 Å². The minimum absolute atomic E-state index is 0.0173. The molecule has 1 unspecified atom stereocenters. The smallest absolute Gasteiger partial charge is 0.307 e. The van der Waals surface area contributed by atoms with Crippen molar-refractivity contribution in [3.63, 3.8) is 0 Å². The molecule has 7 heteroatoms. The summed E-state index contributed by atoms with van der Waals surface area (Å²) in [4.78, 5) is 21.4. The molecule has 3 aromatic rings. The molecule has 1 aliphatic rings. The van der Waals surface area contributed by atoms with Crippen LogP contribution < -0.4 is 9.47 Å². The van der Waals surface area contributed by atoms with Crippen molar-refractivity contribution >= 4 is 5.97 Å². The van der Waals surface area contributed by atoms with Gasteiger partial charge in [0.15, 0.2) is 0 Å². The van der Waals surface area contributed by atoms with Crippen molar-refractivity contribution in [1.29, 1.82) is 0 Å². The lowest BCUT2D eigenvalue weighted by molar-refractivity contribution is -0.142. The summed E-state index contributed by atoms with van der Waals surface area (Å²) in [5.74, 6) is 0.0643. The number of aliphatic carboxylic acids is 1.